The number of hydrogen-bond donors (Lipinski definition) is 1. The summed E-state index contributed by atoms with van der Waals surface area (Å²) in [4.78, 5) is 26.1. The van der Waals surface area contributed by atoms with Crippen molar-refractivity contribution in [2.24, 2.45) is 0 Å². The first-order valence-electron chi connectivity index (χ1n) is 7.66. The molecule has 1 N–H and O–H groups in total. The van der Waals surface area contributed by atoms with Gasteiger partial charge < -0.3 is 10.2 Å². The van der Waals surface area contributed by atoms with Crippen LogP contribution >= 0.6 is 15.9 Å². The molecular formula is C19H21BrN2O2. The zero-order valence-corrected chi connectivity index (χ0v) is 15.9. The summed E-state index contributed by atoms with van der Waals surface area (Å²) in [6.45, 7) is 5.89. The second kappa shape index (κ2) is 7.62. The van der Waals surface area contributed by atoms with Crippen LogP contribution in [0.1, 0.15) is 27.0 Å². The first-order chi connectivity index (χ1) is 11.3. The molecule has 126 valence electrons. The van der Waals surface area contributed by atoms with E-state index in [0.29, 0.717) is 5.56 Å². The molecule has 0 unspecified atom stereocenters. The van der Waals surface area contributed by atoms with Crippen molar-refractivity contribution < 1.29 is 9.59 Å². The highest BCUT2D eigenvalue weighted by Gasteiger charge is 2.16. The third-order valence-corrected chi connectivity index (χ3v) is 4.44. The maximum Gasteiger partial charge on any atom is 0.254 e. The molecule has 2 aromatic rings. The summed E-state index contributed by atoms with van der Waals surface area (Å²) in [5.74, 6) is -0.388. The van der Waals surface area contributed by atoms with Crippen molar-refractivity contribution in [3.8, 4) is 0 Å². The highest BCUT2D eigenvalue weighted by Crippen LogP contribution is 2.20. The van der Waals surface area contributed by atoms with Gasteiger partial charge in [-0.3, -0.25) is 9.59 Å². The monoisotopic (exact) mass is 388 g/mol. The molecule has 4 nitrogen and oxygen atoms in total. The fourth-order valence-electron chi connectivity index (χ4n) is 2.34. The molecule has 5 heteroatoms. The summed E-state index contributed by atoms with van der Waals surface area (Å²) >= 11 is 3.39. The molecule has 0 saturated heterocycles. The highest BCUT2D eigenvalue weighted by molar-refractivity contribution is 9.10. The molecule has 0 heterocycles. The van der Waals surface area contributed by atoms with Crippen LogP contribution in [0.25, 0.3) is 0 Å². The number of halogens is 1. The second-order valence-corrected chi connectivity index (χ2v) is 6.88. The number of amides is 2. The number of nitrogens with zero attached hydrogens (tertiary/aromatic N) is 1. The molecule has 0 atom stereocenters. The number of likely N-dealkylation sites (N-methyl/N-ethyl adjacent to an activating group) is 1. The van der Waals surface area contributed by atoms with Crippen LogP contribution in [0.3, 0.4) is 0 Å². The Morgan fingerprint density at radius 1 is 1.00 bits per heavy atom. The van der Waals surface area contributed by atoms with Crippen molar-refractivity contribution in [1.29, 1.82) is 0 Å². The van der Waals surface area contributed by atoms with E-state index in [-0.39, 0.29) is 18.4 Å². The van der Waals surface area contributed by atoms with Gasteiger partial charge in [-0.05, 0) is 67.8 Å². The molecule has 0 fully saturated rings. The standard InChI is InChI=1S/C19H21BrN2O2/c1-12-5-6-15(9-13(12)2)19(24)22(4)11-18(23)21-17-8-7-16(20)10-14(17)3/h5-10H,11H2,1-4H3,(H,21,23). The van der Waals surface area contributed by atoms with E-state index >= 15 is 0 Å². The summed E-state index contributed by atoms with van der Waals surface area (Å²) in [5, 5.41) is 2.84. The SMILES string of the molecule is Cc1ccc(C(=O)N(C)CC(=O)Nc2ccc(Br)cc2C)cc1C. The van der Waals surface area contributed by atoms with Crippen LogP contribution in [0.4, 0.5) is 5.69 Å². The van der Waals surface area contributed by atoms with E-state index < -0.39 is 0 Å². The Bertz CT molecular complexity index is 787. The smallest absolute Gasteiger partial charge is 0.254 e. The minimum atomic E-state index is -0.222. The number of anilines is 1. The Morgan fingerprint density at radius 2 is 1.71 bits per heavy atom. The van der Waals surface area contributed by atoms with Crippen molar-refractivity contribution in [2.75, 3.05) is 18.9 Å². The van der Waals surface area contributed by atoms with Gasteiger partial charge in [-0.15, -0.1) is 0 Å². The number of nitrogens with one attached hydrogen (secondary N) is 1. The largest absolute Gasteiger partial charge is 0.332 e. The fourth-order valence-corrected chi connectivity index (χ4v) is 2.81. The van der Waals surface area contributed by atoms with Gasteiger partial charge in [-0.2, -0.15) is 0 Å². The average Bonchev–Trinajstić information content (AvgIpc) is 2.52. The Balaban J connectivity index is 2.02. The first kappa shape index (κ1) is 18.2. The van der Waals surface area contributed by atoms with Gasteiger partial charge >= 0.3 is 0 Å². The minimum absolute atomic E-state index is 0.00125. The molecule has 24 heavy (non-hydrogen) atoms. The predicted molar refractivity (Wildman–Crippen MR) is 100 cm³/mol. The zero-order valence-electron chi connectivity index (χ0n) is 14.3. The molecule has 0 aliphatic carbocycles. The van der Waals surface area contributed by atoms with Crippen LogP contribution in [0.2, 0.25) is 0 Å². The van der Waals surface area contributed by atoms with E-state index in [1.165, 1.54) is 4.90 Å². The third-order valence-electron chi connectivity index (χ3n) is 3.94. The average molecular weight is 389 g/mol. The van der Waals surface area contributed by atoms with Crippen LogP contribution in [0.15, 0.2) is 40.9 Å². The van der Waals surface area contributed by atoms with E-state index in [2.05, 4.69) is 21.2 Å². The van der Waals surface area contributed by atoms with E-state index in [1.54, 1.807) is 13.1 Å². The van der Waals surface area contributed by atoms with Gasteiger partial charge in [0.15, 0.2) is 0 Å². The van der Waals surface area contributed by atoms with Crippen molar-refractivity contribution in [1.82, 2.24) is 4.90 Å². The van der Waals surface area contributed by atoms with Crippen LogP contribution in [0.5, 0.6) is 0 Å². The summed E-state index contributed by atoms with van der Waals surface area (Å²) in [7, 11) is 1.63. The Labute approximate surface area is 151 Å². The van der Waals surface area contributed by atoms with E-state index in [1.807, 2.05) is 51.1 Å². The van der Waals surface area contributed by atoms with Gasteiger partial charge in [0.2, 0.25) is 5.91 Å². The molecule has 0 aliphatic heterocycles. The summed E-state index contributed by atoms with van der Waals surface area (Å²) in [6.07, 6.45) is 0. The lowest BCUT2D eigenvalue weighted by Crippen LogP contribution is -2.35. The maximum atomic E-state index is 12.4. The third kappa shape index (κ3) is 4.45. The number of hydrogen-bond acceptors (Lipinski definition) is 2. The van der Waals surface area contributed by atoms with Crippen molar-refractivity contribution in [2.45, 2.75) is 20.8 Å². The molecule has 0 spiro atoms. The number of carbonyl (C=O) groups is 2. The summed E-state index contributed by atoms with van der Waals surface area (Å²) in [5.41, 5.74) is 4.49. The molecule has 0 aromatic heterocycles. The van der Waals surface area contributed by atoms with Gasteiger partial charge in [0, 0.05) is 22.8 Å². The summed E-state index contributed by atoms with van der Waals surface area (Å²) in [6, 6.07) is 11.2. The molecule has 2 aromatic carbocycles. The molecule has 2 amide bonds. The van der Waals surface area contributed by atoms with Gasteiger partial charge in [0.1, 0.15) is 0 Å². The lowest BCUT2D eigenvalue weighted by Gasteiger charge is -2.18. The van der Waals surface area contributed by atoms with Gasteiger partial charge in [-0.25, -0.2) is 0 Å². The maximum absolute atomic E-state index is 12.4. The van der Waals surface area contributed by atoms with Crippen LogP contribution in [-0.2, 0) is 4.79 Å². The van der Waals surface area contributed by atoms with E-state index in [0.717, 1.165) is 26.9 Å². The molecule has 0 aliphatic rings. The molecule has 2 rings (SSSR count). The van der Waals surface area contributed by atoms with Crippen molar-refractivity contribution in [3.63, 3.8) is 0 Å². The number of aryl methyl sites for hydroxylation is 3. The van der Waals surface area contributed by atoms with Gasteiger partial charge in [-0.1, -0.05) is 22.0 Å². The quantitative estimate of drug-likeness (QED) is 0.857. The van der Waals surface area contributed by atoms with Crippen molar-refractivity contribution in [3.05, 3.63) is 63.1 Å². The Hall–Kier alpha value is -2.14. The summed E-state index contributed by atoms with van der Waals surface area (Å²) < 4.78 is 0.958. The normalized spacial score (nSPS) is 10.4. The van der Waals surface area contributed by atoms with Gasteiger partial charge in [0.05, 0.1) is 6.54 Å². The first-order valence-corrected chi connectivity index (χ1v) is 8.46. The number of benzene rings is 2. The lowest BCUT2D eigenvalue weighted by molar-refractivity contribution is -0.116. The fraction of sp³-hybridized carbons (Fsp3) is 0.263. The van der Waals surface area contributed by atoms with Crippen LogP contribution in [0, 0.1) is 20.8 Å². The molecule has 0 saturated carbocycles. The molecule has 0 bridgehead atoms. The topological polar surface area (TPSA) is 49.4 Å². The number of carbonyl (C=O) groups excluding carboxylic acids is 2. The second-order valence-electron chi connectivity index (χ2n) is 5.97. The zero-order chi connectivity index (χ0) is 17.9. The predicted octanol–water partition coefficient (Wildman–Crippen LogP) is 4.09. The highest BCUT2D eigenvalue weighted by atomic mass is 79.9. The van der Waals surface area contributed by atoms with Crippen molar-refractivity contribution >= 4 is 33.4 Å². The lowest BCUT2D eigenvalue weighted by atomic mass is 10.1. The molecule has 0 radical (unpaired) electrons. The van der Waals surface area contributed by atoms with Crippen LogP contribution in [-0.4, -0.2) is 30.3 Å². The van der Waals surface area contributed by atoms with E-state index in [9.17, 15) is 9.59 Å². The Morgan fingerprint density at radius 3 is 2.33 bits per heavy atom. The Kier molecular flexibility index (Phi) is 5.78. The van der Waals surface area contributed by atoms with Gasteiger partial charge in [0.25, 0.3) is 5.91 Å². The number of rotatable bonds is 4. The van der Waals surface area contributed by atoms with E-state index in [4.69, 9.17) is 0 Å². The minimum Gasteiger partial charge on any atom is -0.332 e. The van der Waals surface area contributed by atoms with Crippen LogP contribution < -0.4 is 5.32 Å². The molecular weight excluding hydrogens is 368 g/mol.